The Morgan fingerprint density at radius 2 is 1.79 bits per heavy atom. The fourth-order valence-corrected chi connectivity index (χ4v) is 4.26. The molecule has 178 valence electrons. The highest BCUT2D eigenvalue weighted by Gasteiger charge is 2.41. The predicted octanol–water partition coefficient (Wildman–Crippen LogP) is 1.48. The van der Waals surface area contributed by atoms with E-state index in [0.717, 1.165) is 0 Å². The van der Waals surface area contributed by atoms with Gasteiger partial charge in [0.15, 0.2) is 11.5 Å². The normalized spacial score (nSPS) is 23.8. The van der Waals surface area contributed by atoms with Crippen molar-refractivity contribution in [3.05, 3.63) is 47.5 Å². The van der Waals surface area contributed by atoms with E-state index in [1.165, 1.54) is 30.3 Å². The number of rotatable bonds is 2. The molecule has 0 radical (unpaired) electrons. The van der Waals surface area contributed by atoms with E-state index in [1.807, 2.05) is 0 Å². The third-order valence-electron chi connectivity index (χ3n) is 5.60. The maximum Gasteiger partial charge on any atom is 0.290 e. The Kier molecular flexibility index (Phi) is 7.47. The molecule has 0 spiro atoms. The molecule has 33 heavy (non-hydrogen) atoms. The second kappa shape index (κ2) is 10.1. The lowest BCUT2D eigenvalue weighted by atomic mass is 9.98. The van der Waals surface area contributed by atoms with Crippen LogP contribution >= 0.6 is 0 Å². The predicted molar refractivity (Wildman–Crippen MR) is 114 cm³/mol. The zero-order valence-electron chi connectivity index (χ0n) is 18.5. The monoisotopic (exact) mass is 462 g/mol. The molecule has 3 heterocycles. The molecular formula is C23H27FN2O7. The van der Waals surface area contributed by atoms with E-state index in [-0.39, 0.29) is 48.2 Å². The van der Waals surface area contributed by atoms with Crippen molar-refractivity contribution in [1.82, 2.24) is 9.80 Å². The molecule has 2 saturated heterocycles. The van der Waals surface area contributed by atoms with Gasteiger partial charge >= 0.3 is 0 Å². The molecule has 10 heteroatoms. The molecule has 1 N–H and O–H groups in total. The summed E-state index contributed by atoms with van der Waals surface area (Å²) in [6.07, 6.45) is 1.49. The van der Waals surface area contributed by atoms with Crippen LogP contribution in [0, 0.1) is 11.7 Å². The number of carbonyl (C=O) groups excluding carboxylic acids is 3. The largest absolute Gasteiger partial charge is 0.483 e. The Balaban J connectivity index is 0.000000968. The van der Waals surface area contributed by atoms with E-state index in [1.54, 1.807) is 23.6 Å². The van der Waals surface area contributed by atoms with Gasteiger partial charge in [-0.2, -0.15) is 0 Å². The number of benzene rings is 1. The summed E-state index contributed by atoms with van der Waals surface area (Å²) in [5.41, 5.74) is -0.334. The van der Waals surface area contributed by atoms with Gasteiger partial charge in [0.1, 0.15) is 11.4 Å². The molecule has 0 aromatic heterocycles. The first-order chi connectivity index (χ1) is 15.6. The van der Waals surface area contributed by atoms with Crippen LogP contribution in [0.1, 0.15) is 30.6 Å². The summed E-state index contributed by atoms with van der Waals surface area (Å²) in [5, 5.41) is 6.89. The Hall–Kier alpha value is -3.27. The molecule has 2 bridgehead atoms. The van der Waals surface area contributed by atoms with E-state index in [0.29, 0.717) is 38.4 Å². The standard InChI is InChI=1S/C22H25FN2O5.CH2O2/c1-22(2)8-18(26)7-19(30-22)21(28)25-10-14-9-24(11-17(25)13-29-12-14)20(27)15-3-5-16(23)6-4-15;2-1-3/h3-7,14,17H,8-13H2,1-2H3;1H,(H,2,3)/t14-,17-;/m0./s1. The van der Waals surface area contributed by atoms with Gasteiger partial charge in [0.05, 0.1) is 19.3 Å². The maximum absolute atomic E-state index is 13.2. The van der Waals surface area contributed by atoms with Crippen molar-refractivity contribution >= 4 is 24.1 Å². The maximum atomic E-state index is 13.2. The van der Waals surface area contributed by atoms with E-state index in [2.05, 4.69) is 0 Å². The topological polar surface area (TPSA) is 113 Å². The van der Waals surface area contributed by atoms with Crippen LogP contribution in [0.15, 0.2) is 36.1 Å². The second-order valence-electron chi connectivity index (χ2n) is 8.85. The summed E-state index contributed by atoms with van der Waals surface area (Å²) in [6.45, 7) is 5.16. The minimum atomic E-state index is -0.737. The van der Waals surface area contributed by atoms with Crippen LogP contribution in [-0.2, 0) is 23.9 Å². The summed E-state index contributed by atoms with van der Waals surface area (Å²) < 4.78 is 24.7. The van der Waals surface area contributed by atoms with Gasteiger partial charge in [-0.3, -0.25) is 19.2 Å². The number of hydrogen-bond acceptors (Lipinski definition) is 6. The number of carbonyl (C=O) groups is 4. The second-order valence-corrected chi connectivity index (χ2v) is 8.85. The zero-order chi connectivity index (χ0) is 24.2. The number of nitrogens with zero attached hydrogens (tertiary/aromatic N) is 2. The van der Waals surface area contributed by atoms with E-state index in [4.69, 9.17) is 19.4 Å². The van der Waals surface area contributed by atoms with Gasteiger partial charge in [-0.05, 0) is 38.1 Å². The molecule has 0 aliphatic carbocycles. The lowest BCUT2D eigenvalue weighted by Crippen LogP contribution is -2.49. The van der Waals surface area contributed by atoms with Crippen molar-refractivity contribution in [2.45, 2.75) is 31.9 Å². The van der Waals surface area contributed by atoms with E-state index >= 15 is 0 Å². The highest BCUT2D eigenvalue weighted by atomic mass is 19.1. The average Bonchev–Trinajstić information content (AvgIpc) is 3.03. The number of halogens is 1. The van der Waals surface area contributed by atoms with Crippen molar-refractivity contribution in [2.75, 3.05) is 32.8 Å². The number of hydrogen-bond donors (Lipinski definition) is 1. The molecular weight excluding hydrogens is 435 g/mol. The molecule has 2 fully saturated rings. The van der Waals surface area contributed by atoms with E-state index in [9.17, 15) is 18.8 Å². The smallest absolute Gasteiger partial charge is 0.290 e. The van der Waals surface area contributed by atoms with Gasteiger partial charge in [0.25, 0.3) is 18.3 Å². The first-order valence-electron chi connectivity index (χ1n) is 10.6. The lowest BCUT2D eigenvalue weighted by Gasteiger charge is -2.35. The Morgan fingerprint density at radius 1 is 1.12 bits per heavy atom. The summed E-state index contributed by atoms with van der Waals surface area (Å²) >= 11 is 0. The van der Waals surface area contributed by atoms with Gasteiger partial charge in [0.2, 0.25) is 0 Å². The summed E-state index contributed by atoms with van der Waals surface area (Å²) in [6, 6.07) is 5.09. The van der Waals surface area contributed by atoms with Gasteiger partial charge in [-0.15, -0.1) is 0 Å². The average molecular weight is 462 g/mol. The number of ether oxygens (including phenoxy) is 2. The molecule has 2 amide bonds. The van der Waals surface area contributed by atoms with Crippen molar-refractivity contribution in [1.29, 1.82) is 0 Å². The van der Waals surface area contributed by atoms with Gasteiger partial charge in [-0.25, -0.2) is 4.39 Å². The quantitative estimate of drug-likeness (QED) is 0.663. The summed E-state index contributed by atoms with van der Waals surface area (Å²) in [7, 11) is 0. The first kappa shape index (κ1) is 24.4. The van der Waals surface area contributed by atoms with Gasteiger partial charge in [0, 0.05) is 43.6 Å². The third-order valence-corrected chi connectivity index (χ3v) is 5.60. The van der Waals surface area contributed by atoms with Crippen LogP contribution in [0.5, 0.6) is 0 Å². The number of carboxylic acid groups (broad SMARTS) is 1. The molecule has 2 atom stereocenters. The van der Waals surface area contributed by atoms with Gasteiger partial charge in [-0.1, -0.05) is 0 Å². The van der Waals surface area contributed by atoms with Crippen LogP contribution < -0.4 is 0 Å². The SMILES string of the molecule is CC1(C)CC(=O)C=C(C(=O)N2C[C@H]3COC[C@@H]2CN(C(=O)c2ccc(F)cc2)C3)O1.O=CO. The highest BCUT2D eigenvalue weighted by Crippen LogP contribution is 2.28. The first-order valence-corrected chi connectivity index (χ1v) is 10.6. The number of ketones is 1. The minimum Gasteiger partial charge on any atom is -0.483 e. The fraction of sp³-hybridized carbons (Fsp3) is 0.478. The lowest BCUT2D eigenvalue weighted by molar-refractivity contribution is -0.140. The number of amides is 2. The molecule has 3 aliphatic heterocycles. The molecule has 0 unspecified atom stereocenters. The molecule has 1 aromatic rings. The van der Waals surface area contributed by atoms with Crippen LogP contribution in [-0.4, -0.2) is 83.5 Å². The number of fused-ring (bicyclic) bond motifs is 3. The summed E-state index contributed by atoms with van der Waals surface area (Å²) in [5.74, 6) is -1.13. The Morgan fingerprint density at radius 3 is 2.42 bits per heavy atom. The van der Waals surface area contributed by atoms with Crippen molar-refractivity contribution in [2.24, 2.45) is 5.92 Å². The van der Waals surface area contributed by atoms with Gasteiger partial charge < -0.3 is 24.4 Å². The van der Waals surface area contributed by atoms with Crippen molar-refractivity contribution < 1.29 is 38.1 Å². The van der Waals surface area contributed by atoms with E-state index < -0.39 is 11.4 Å². The molecule has 1 aromatic carbocycles. The number of allylic oxidation sites excluding steroid dienone is 1. The molecule has 3 aliphatic rings. The zero-order valence-corrected chi connectivity index (χ0v) is 18.5. The van der Waals surface area contributed by atoms with Crippen LogP contribution in [0.25, 0.3) is 0 Å². The fourth-order valence-electron chi connectivity index (χ4n) is 4.26. The molecule has 0 saturated carbocycles. The summed E-state index contributed by atoms with van der Waals surface area (Å²) in [4.78, 5) is 50.0. The highest BCUT2D eigenvalue weighted by molar-refractivity contribution is 6.02. The van der Waals surface area contributed by atoms with Crippen molar-refractivity contribution in [3.8, 4) is 0 Å². The Bertz CT molecular complexity index is 945. The van der Waals surface area contributed by atoms with Crippen LogP contribution in [0.3, 0.4) is 0 Å². The Labute approximate surface area is 190 Å². The van der Waals surface area contributed by atoms with Crippen LogP contribution in [0.2, 0.25) is 0 Å². The third kappa shape index (κ3) is 5.95. The minimum absolute atomic E-state index is 0.0419. The molecule has 4 rings (SSSR count). The van der Waals surface area contributed by atoms with Crippen LogP contribution in [0.4, 0.5) is 4.39 Å². The van der Waals surface area contributed by atoms with Crippen molar-refractivity contribution in [3.63, 3.8) is 0 Å². The molecule has 9 nitrogen and oxygen atoms in total.